The first kappa shape index (κ1) is 16.1. The van der Waals surface area contributed by atoms with Crippen LogP contribution in [0.4, 0.5) is 4.39 Å². The molecule has 1 aromatic carbocycles. The Morgan fingerprint density at radius 3 is 2.67 bits per heavy atom. The highest BCUT2D eigenvalue weighted by molar-refractivity contribution is 6.31. The van der Waals surface area contributed by atoms with Crippen molar-refractivity contribution >= 4 is 11.6 Å². The second-order valence-electron chi connectivity index (χ2n) is 5.17. The Bertz CT molecular complexity index is 609. The first-order valence-corrected chi connectivity index (χ1v) is 7.72. The molecule has 1 heterocycles. The predicted octanol–water partition coefficient (Wildman–Crippen LogP) is 5.03. The Morgan fingerprint density at radius 2 is 2.05 bits per heavy atom. The van der Waals surface area contributed by atoms with Crippen molar-refractivity contribution in [3.8, 4) is 0 Å². The molecule has 0 amide bonds. The molecule has 0 aliphatic heterocycles. The zero-order valence-corrected chi connectivity index (χ0v) is 13.4. The van der Waals surface area contributed by atoms with Gasteiger partial charge in [0.1, 0.15) is 17.3 Å². The molecule has 2 rings (SSSR count). The van der Waals surface area contributed by atoms with E-state index >= 15 is 0 Å². The Morgan fingerprint density at radius 1 is 1.29 bits per heavy atom. The molecular weight excluding hydrogens is 289 g/mol. The fourth-order valence-corrected chi connectivity index (χ4v) is 2.55. The molecule has 0 aliphatic rings. The van der Waals surface area contributed by atoms with E-state index in [2.05, 4.69) is 12.2 Å². The smallest absolute Gasteiger partial charge is 0.127 e. The summed E-state index contributed by atoms with van der Waals surface area (Å²) < 4.78 is 19.5. The number of nitrogens with one attached hydrogen (secondary N) is 1. The number of halogens is 2. The number of hydrogen-bond acceptors (Lipinski definition) is 2. The number of rotatable bonds is 6. The van der Waals surface area contributed by atoms with Crippen molar-refractivity contribution in [2.24, 2.45) is 0 Å². The minimum absolute atomic E-state index is 0.156. The lowest BCUT2D eigenvalue weighted by Gasteiger charge is -2.19. The van der Waals surface area contributed by atoms with Crippen LogP contribution in [0.1, 0.15) is 49.0 Å². The van der Waals surface area contributed by atoms with E-state index in [4.69, 9.17) is 16.0 Å². The van der Waals surface area contributed by atoms with Crippen LogP contribution in [0.5, 0.6) is 0 Å². The molecule has 1 aromatic heterocycles. The third-order valence-corrected chi connectivity index (χ3v) is 3.83. The summed E-state index contributed by atoms with van der Waals surface area (Å²) in [6.07, 6.45) is 1.84. The number of aryl methyl sites for hydroxylation is 2. The van der Waals surface area contributed by atoms with Crippen LogP contribution in [0.25, 0.3) is 0 Å². The van der Waals surface area contributed by atoms with E-state index in [0.29, 0.717) is 10.6 Å². The molecule has 1 atom stereocenters. The van der Waals surface area contributed by atoms with Gasteiger partial charge in [-0.3, -0.25) is 0 Å². The molecule has 0 fully saturated rings. The quantitative estimate of drug-likeness (QED) is 0.809. The molecule has 21 heavy (non-hydrogen) atoms. The first-order chi connectivity index (χ1) is 10.1. The molecule has 0 aliphatic carbocycles. The SMILES string of the molecule is CCCNC(c1ccc(CC)o1)c1cc(C)c(F)cc1Cl. The second-order valence-corrected chi connectivity index (χ2v) is 5.57. The number of benzene rings is 1. The first-order valence-electron chi connectivity index (χ1n) is 7.34. The minimum atomic E-state index is -0.285. The fourth-order valence-electron chi connectivity index (χ4n) is 2.29. The summed E-state index contributed by atoms with van der Waals surface area (Å²) >= 11 is 6.24. The Hall–Kier alpha value is -1.32. The summed E-state index contributed by atoms with van der Waals surface area (Å²) in [5.41, 5.74) is 1.43. The van der Waals surface area contributed by atoms with E-state index < -0.39 is 0 Å². The molecule has 1 N–H and O–H groups in total. The maximum Gasteiger partial charge on any atom is 0.127 e. The number of furan rings is 1. The topological polar surface area (TPSA) is 25.2 Å². The highest BCUT2D eigenvalue weighted by atomic mass is 35.5. The van der Waals surface area contributed by atoms with Gasteiger partial charge in [-0.1, -0.05) is 25.4 Å². The van der Waals surface area contributed by atoms with Crippen LogP contribution < -0.4 is 5.32 Å². The minimum Gasteiger partial charge on any atom is -0.464 e. The van der Waals surface area contributed by atoms with Gasteiger partial charge in [-0.05, 0) is 55.3 Å². The third-order valence-electron chi connectivity index (χ3n) is 3.50. The zero-order valence-electron chi connectivity index (χ0n) is 12.7. The molecule has 2 aromatic rings. The molecular formula is C17H21ClFNO. The van der Waals surface area contributed by atoms with Crippen molar-refractivity contribution in [2.75, 3.05) is 6.54 Å². The number of hydrogen-bond donors (Lipinski definition) is 1. The van der Waals surface area contributed by atoms with Gasteiger partial charge in [0.15, 0.2) is 0 Å². The van der Waals surface area contributed by atoms with E-state index in [1.165, 1.54) is 6.07 Å². The van der Waals surface area contributed by atoms with Crippen molar-refractivity contribution in [1.29, 1.82) is 0 Å². The van der Waals surface area contributed by atoms with Gasteiger partial charge in [0.25, 0.3) is 0 Å². The lowest BCUT2D eigenvalue weighted by atomic mass is 10.0. The highest BCUT2D eigenvalue weighted by Gasteiger charge is 2.21. The molecule has 2 nitrogen and oxygen atoms in total. The Kier molecular flexibility index (Phi) is 5.43. The van der Waals surface area contributed by atoms with Gasteiger partial charge in [0, 0.05) is 11.4 Å². The van der Waals surface area contributed by atoms with Gasteiger partial charge in [-0.25, -0.2) is 4.39 Å². The average molecular weight is 310 g/mol. The third kappa shape index (κ3) is 3.66. The maximum atomic E-state index is 13.6. The lowest BCUT2D eigenvalue weighted by Crippen LogP contribution is -2.23. The summed E-state index contributed by atoms with van der Waals surface area (Å²) in [5, 5.41) is 3.84. The predicted molar refractivity (Wildman–Crippen MR) is 84.4 cm³/mol. The maximum absolute atomic E-state index is 13.6. The van der Waals surface area contributed by atoms with Crippen molar-refractivity contribution in [2.45, 2.75) is 39.7 Å². The molecule has 0 saturated heterocycles. The average Bonchev–Trinajstić information content (AvgIpc) is 2.93. The summed E-state index contributed by atoms with van der Waals surface area (Å²) in [6.45, 7) is 6.72. The molecule has 114 valence electrons. The monoisotopic (exact) mass is 309 g/mol. The molecule has 0 spiro atoms. The van der Waals surface area contributed by atoms with Crippen LogP contribution in [0.2, 0.25) is 5.02 Å². The van der Waals surface area contributed by atoms with Gasteiger partial charge in [0.05, 0.1) is 6.04 Å². The summed E-state index contributed by atoms with van der Waals surface area (Å²) in [4.78, 5) is 0. The van der Waals surface area contributed by atoms with Gasteiger partial charge in [0.2, 0.25) is 0 Å². The van der Waals surface area contributed by atoms with E-state index in [1.54, 1.807) is 13.0 Å². The standard InChI is InChI=1S/C17H21ClFNO/c1-4-8-20-17(16-7-6-12(5-2)21-16)13-9-11(3)15(19)10-14(13)18/h6-7,9-10,17,20H,4-5,8H2,1-3H3. The van der Waals surface area contributed by atoms with Crippen molar-refractivity contribution in [3.05, 3.63) is 57.8 Å². The molecule has 1 unspecified atom stereocenters. The van der Waals surface area contributed by atoms with Crippen LogP contribution in [-0.4, -0.2) is 6.54 Å². The summed E-state index contributed by atoms with van der Waals surface area (Å²) in [5.74, 6) is 1.46. The van der Waals surface area contributed by atoms with Crippen LogP contribution >= 0.6 is 11.6 Å². The largest absolute Gasteiger partial charge is 0.464 e. The lowest BCUT2D eigenvalue weighted by molar-refractivity contribution is 0.421. The highest BCUT2D eigenvalue weighted by Crippen LogP contribution is 2.31. The molecule has 0 saturated carbocycles. The van der Waals surface area contributed by atoms with E-state index in [-0.39, 0.29) is 11.9 Å². The van der Waals surface area contributed by atoms with Gasteiger partial charge < -0.3 is 9.73 Å². The van der Waals surface area contributed by atoms with Crippen molar-refractivity contribution in [3.63, 3.8) is 0 Å². The fraction of sp³-hybridized carbons (Fsp3) is 0.412. The van der Waals surface area contributed by atoms with E-state index in [1.807, 2.05) is 19.1 Å². The zero-order chi connectivity index (χ0) is 15.4. The Labute approximate surface area is 130 Å². The molecule has 0 bridgehead atoms. The van der Waals surface area contributed by atoms with Crippen LogP contribution in [0.3, 0.4) is 0 Å². The van der Waals surface area contributed by atoms with Crippen LogP contribution in [0, 0.1) is 12.7 Å². The molecule has 4 heteroatoms. The van der Waals surface area contributed by atoms with Gasteiger partial charge >= 0.3 is 0 Å². The van der Waals surface area contributed by atoms with Crippen molar-refractivity contribution < 1.29 is 8.81 Å². The van der Waals surface area contributed by atoms with Crippen molar-refractivity contribution in [1.82, 2.24) is 5.32 Å². The van der Waals surface area contributed by atoms with Crippen LogP contribution in [0.15, 0.2) is 28.7 Å². The normalized spacial score (nSPS) is 12.6. The van der Waals surface area contributed by atoms with Gasteiger partial charge in [-0.15, -0.1) is 0 Å². The summed E-state index contributed by atoms with van der Waals surface area (Å²) in [6, 6.07) is 6.94. The second kappa shape index (κ2) is 7.10. The van der Waals surface area contributed by atoms with Gasteiger partial charge in [-0.2, -0.15) is 0 Å². The Balaban J connectivity index is 2.42. The van der Waals surface area contributed by atoms with Crippen LogP contribution in [-0.2, 0) is 6.42 Å². The summed E-state index contributed by atoms with van der Waals surface area (Å²) in [7, 11) is 0. The van der Waals surface area contributed by atoms with E-state index in [0.717, 1.165) is 36.5 Å². The van der Waals surface area contributed by atoms with E-state index in [9.17, 15) is 4.39 Å². The molecule has 0 radical (unpaired) electrons.